The SMILES string of the molecule is CCCn1ccnc1CC(NC)c1ccc(C)c(C)c1. The van der Waals surface area contributed by atoms with E-state index >= 15 is 0 Å². The first-order valence-electron chi connectivity index (χ1n) is 7.40. The molecule has 3 heteroatoms. The Balaban J connectivity index is 2.19. The quantitative estimate of drug-likeness (QED) is 0.872. The summed E-state index contributed by atoms with van der Waals surface area (Å²) in [6.07, 6.45) is 6.03. The molecular weight excluding hydrogens is 246 g/mol. The van der Waals surface area contributed by atoms with Crippen LogP contribution in [-0.4, -0.2) is 16.6 Å². The molecular formula is C17H25N3. The zero-order valence-electron chi connectivity index (χ0n) is 13.0. The molecule has 0 spiro atoms. The summed E-state index contributed by atoms with van der Waals surface area (Å²) in [6.45, 7) is 7.56. The Hall–Kier alpha value is -1.61. The van der Waals surface area contributed by atoms with Gasteiger partial charge in [0.2, 0.25) is 0 Å². The monoisotopic (exact) mass is 271 g/mol. The summed E-state index contributed by atoms with van der Waals surface area (Å²) in [5, 5.41) is 3.42. The first-order chi connectivity index (χ1) is 9.65. The van der Waals surface area contributed by atoms with Crippen molar-refractivity contribution in [2.75, 3.05) is 7.05 Å². The molecule has 0 aliphatic rings. The predicted molar refractivity (Wildman–Crippen MR) is 83.9 cm³/mol. The minimum Gasteiger partial charge on any atom is -0.335 e. The van der Waals surface area contributed by atoms with Crippen molar-refractivity contribution < 1.29 is 0 Å². The van der Waals surface area contributed by atoms with Gasteiger partial charge >= 0.3 is 0 Å². The fraction of sp³-hybridized carbons (Fsp3) is 0.471. The summed E-state index contributed by atoms with van der Waals surface area (Å²) in [6, 6.07) is 7.01. The van der Waals surface area contributed by atoms with Crippen LogP contribution in [0.4, 0.5) is 0 Å². The number of imidazole rings is 1. The van der Waals surface area contributed by atoms with E-state index in [1.807, 2.05) is 13.2 Å². The van der Waals surface area contributed by atoms with Crippen LogP contribution in [0.25, 0.3) is 0 Å². The van der Waals surface area contributed by atoms with Crippen molar-refractivity contribution in [1.29, 1.82) is 0 Å². The number of aryl methyl sites for hydroxylation is 3. The van der Waals surface area contributed by atoms with Crippen LogP contribution in [0.2, 0.25) is 0 Å². The maximum atomic E-state index is 4.51. The van der Waals surface area contributed by atoms with Crippen LogP contribution in [0.1, 0.15) is 41.9 Å². The van der Waals surface area contributed by atoms with Gasteiger partial charge in [0.25, 0.3) is 0 Å². The van der Waals surface area contributed by atoms with E-state index in [1.165, 1.54) is 16.7 Å². The van der Waals surface area contributed by atoms with Gasteiger partial charge in [-0.15, -0.1) is 0 Å². The zero-order valence-corrected chi connectivity index (χ0v) is 13.0. The molecule has 2 rings (SSSR count). The van der Waals surface area contributed by atoms with Gasteiger partial charge in [0.05, 0.1) is 0 Å². The molecule has 1 N–H and O–H groups in total. The van der Waals surface area contributed by atoms with E-state index in [4.69, 9.17) is 0 Å². The van der Waals surface area contributed by atoms with E-state index < -0.39 is 0 Å². The topological polar surface area (TPSA) is 29.9 Å². The second kappa shape index (κ2) is 6.71. The molecule has 3 nitrogen and oxygen atoms in total. The first kappa shape index (κ1) is 14.8. The average Bonchev–Trinajstić information content (AvgIpc) is 2.87. The fourth-order valence-electron chi connectivity index (χ4n) is 2.53. The van der Waals surface area contributed by atoms with E-state index in [-0.39, 0.29) is 0 Å². The molecule has 1 atom stereocenters. The zero-order chi connectivity index (χ0) is 14.5. The third-order valence-electron chi connectivity index (χ3n) is 3.93. The van der Waals surface area contributed by atoms with Gasteiger partial charge in [-0.2, -0.15) is 0 Å². The van der Waals surface area contributed by atoms with Crippen LogP contribution >= 0.6 is 0 Å². The van der Waals surface area contributed by atoms with E-state index in [0.717, 1.165) is 25.2 Å². The molecule has 0 aliphatic carbocycles. The smallest absolute Gasteiger partial charge is 0.110 e. The van der Waals surface area contributed by atoms with Gasteiger partial charge in [-0.3, -0.25) is 0 Å². The van der Waals surface area contributed by atoms with Crippen molar-refractivity contribution in [2.45, 2.75) is 46.2 Å². The highest BCUT2D eigenvalue weighted by Gasteiger charge is 2.14. The van der Waals surface area contributed by atoms with Gasteiger partial charge < -0.3 is 9.88 Å². The summed E-state index contributed by atoms with van der Waals surface area (Å²) in [4.78, 5) is 4.51. The van der Waals surface area contributed by atoms with Crippen LogP contribution in [-0.2, 0) is 13.0 Å². The number of likely N-dealkylation sites (N-methyl/N-ethyl adjacent to an activating group) is 1. The van der Waals surface area contributed by atoms with Crippen molar-refractivity contribution in [3.05, 3.63) is 53.1 Å². The van der Waals surface area contributed by atoms with Crippen LogP contribution < -0.4 is 5.32 Å². The maximum absolute atomic E-state index is 4.51. The normalized spacial score (nSPS) is 12.6. The van der Waals surface area contributed by atoms with Gasteiger partial charge in [-0.25, -0.2) is 4.98 Å². The molecule has 1 aromatic carbocycles. The van der Waals surface area contributed by atoms with Crippen molar-refractivity contribution >= 4 is 0 Å². The minimum absolute atomic E-state index is 0.312. The predicted octanol–water partition coefficient (Wildman–Crippen LogP) is 3.41. The molecule has 0 aliphatic heterocycles. The molecule has 0 saturated heterocycles. The summed E-state index contributed by atoms with van der Waals surface area (Å²) >= 11 is 0. The molecule has 0 radical (unpaired) electrons. The fourth-order valence-corrected chi connectivity index (χ4v) is 2.53. The lowest BCUT2D eigenvalue weighted by atomic mass is 9.99. The van der Waals surface area contributed by atoms with Gasteiger partial charge in [0, 0.05) is 31.4 Å². The number of nitrogens with one attached hydrogen (secondary N) is 1. The van der Waals surface area contributed by atoms with Gasteiger partial charge in [-0.1, -0.05) is 25.1 Å². The van der Waals surface area contributed by atoms with Gasteiger partial charge in [0.1, 0.15) is 5.82 Å². The average molecular weight is 271 g/mol. The van der Waals surface area contributed by atoms with Crippen LogP contribution in [0.5, 0.6) is 0 Å². The maximum Gasteiger partial charge on any atom is 0.110 e. The number of benzene rings is 1. The van der Waals surface area contributed by atoms with Crippen molar-refractivity contribution in [3.63, 3.8) is 0 Å². The van der Waals surface area contributed by atoms with Crippen LogP contribution in [0.3, 0.4) is 0 Å². The third kappa shape index (κ3) is 3.28. The molecule has 1 unspecified atom stereocenters. The summed E-state index contributed by atoms with van der Waals surface area (Å²) in [5.41, 5.74) is 4.03. The minimum atomic E-state index is 0.312. The highest BCUT2D eigenvalue weighted by molar-refractivity contribution is 5.32. The number of hydrogen-bond donors (Lipinski definition) is 1. The molecule has 1 heterocycles. The molecule has 0 amide bonds. The first-order valence-corrected chi connectivity index (χ1v) is 7.40. The van der Waals surface area contributed by atoms with E-state index in [2.05, 4.69) is 60.0 Å². The number of hydrogen-bond acceptors (Lipinski definition) is 2. The second-order valence-corrected chi connectivity index (χ2v) is 5.43. The highest BCUT2D eigenvalue weighted by Crippen LogP contribution is 2.20. The molecule has 108 valence electrons. The Morgan fingerprint density at radius 1 is 1.25 bits per heavy atom. The van der Waals surface area contributed by atoms with Crippen molar-refractivity contribution in [2.24, 2.45) is 0 Å². The Kier molecular flexibility index (Phi) is 4.96. The molecule has 2 aromatic rings. The highest BCUT2D eigenvalue weighted by atomic mass is 15.1. The lowest BCUT2D eigenvalue weighted by molar-refractivity contribution is 0.543. The molecule has 0 saturated carbocycles. The summed E-state index contributed by atoms with van der Waals surface area (Å²) in [7, 11) is 2.02. The largest absolute Gasteiger partial charge is 0.335 e. The Bertz CT molecular complexity index is 557. The van der Waals surface area contributed by atoms with E-state index in [1.54, 1.807) is 0 Å². The number of nitrogens with zero attached hydrogens (tertiary/aromatic N) is 2. The summed E-state index contributed by atoms with van der Waals surface area (Å²) in [5.74, 6) is 1.16. The van der Waals surface area contributed by atoms with E-state index in [0.29, 0.717) is 6.04 Å². The van der Waals surface area contributed by atoms with E-state index in [9.17, 15) is 0 Å². The third-order valence-corrected chi connectivity index (χ3v) is 3.93. The molecule has 1 aromatic heterocycles. The van der Waals surface area contributed by atoms with Gasteiger partial charge in [0.15, 0.2) is 0 Å². The van der Waals surface area contributed by atoms with Crippen LogP contribution in [0.15, 0.2) is 30.6 Å². The van der Waals surface area contributed by atoms with Crippen LogP contribution in [0, 0.1) is 13.8 Å². The molecule has 0 fully saturated rings. The molecule has 20 heavy (non-hydrogen) atoms. The summed E-state index contributed by atoms with van der Waals surface area (Å²) < 4.78 is 2.26. The number of aromatic nitrogens is 2. The van der Waals surface area contributed by atoms with Gasteiger partial charge in [-0.05, 0) is 44.0 Å². The Labute approximate surface area is 122 Å². The molecule has 0 bridgehead atoms. The van der Waals surface area contributed by atoms with Crippen molar-refractivity contribution in [1.82, 2.24) is 14.9 Å². The second-order valence-electron chi connectivity index (χ2n) is 5.43. The lowest BCUT2D eigenvalue weighted by Gasteiger charge is -2.18. The lowest BCUT2D eigenvalue weighted by Crippen LogP contribution is -2.21. The Morgan fingerprint density at radius 3 is 2.70 bits per heavy atom. The van der Waals surface area contributed by atoms with Crippen molar-refractivity contribution in [3.8, 4) is 0 Å². The number of rotatable bonds is 6. The Morgan fingerprint density at radius 2 is 2.05 bits per heavy atom. The standard InChI is InChI=1S/C17H25N3/c1-5-9-20-10-8-19-17(20)12-16(18-4)15-7-6-13(2)14(3)11-15/h6-8,10-11,16,18H,5,9,12H2,1-4H3.